The summed E-state index contributed by atoms with van der Waals surface area (Å²) >= 11 is 8.94. The number of hydrogen-bond acceptors (Lipinski definition) is 5. The quantitative estimate of drug-likeness (QED) is 0.827. The molecule has 2 heterocycles. The van der Waals surface area contributed by atoms with Gasteiger partial charge in [-0.25, -0.2) is 18.4 Å². The normalized spacial score (nSPS) is 11.2. The Morgan fingerprint density at radius 2 is 2.10 bits per heavy atom. The Bertz CT molecular complexity index is 739. The number of methoxy groups -OCH3 is 1. The van der Waals surface area contributed by atoms with Gasteiger partial charge < -0.3 is 4.74 Å². The lowest BCUT2D eigenvalue weighted by Gasteiger charge is -2.11. The van der Waals surface area contributed by atoms with E-state index in [1.54, 1.807) is 0 Å². The van der Waals surface area contributed by atoms with Crippen LogP contribution in [0, 0.1) is 0 Å². The van der Waals surface area contributed by atoms with E-state index in [0.29, 0.717) is 10.3 Å². The maximum Gasteiger partial charge on any atom is 0.267 e. The van der Waals surface area contributed by atoms with Gasteiger partial charge in [-0.1, -0.05) is 11.6 Å². The third kappa shape index (κ3) is 3.38. The molecule has 0 saturated heterocycles. The number of halogens is 2. The van der Waals surface area contributed by atoms with E-state index in [-0.39, 0.29) is 15.8 Å². The fourth-order valence-electron chi connectivity index (χ4n) is 1.43. The molecule has 0 aromatic carbocycles. The van der Waals surface area contributed by atoms with Crippen LogP contribution in [0.5, 0.6) is 5.88 Å². The van der Waals surface area contributed by atoms with E-state index < -0.39 is 10.0 Å². The SMILES string of the molecule is COc1ncc(Cl)cc1S(=O)(=O)Nc1ccnc(Br)c1. The second-order valence-electron chi connectivity index (χ2n) is 3.63. The van der Waals surface area contributed by atoms with Gasteiger partial charge >= 0.3 is 0 Å². The predicted octanol–water partition coefficient (Wildman–Crippen LogP) is 2.70. The minimum absolute atomic E-state index is 0.0324. The van der Waals surface area contributed by atoms with Crippen molar-refractivity contribution in [3.05, 3.63) is 40.2 Å². The summed E-state index contributed by atoms with van der Waals surface area (Å²) < 4.78 is 32.5. The number of hydrogen-bond donors (Lipinski definition) is 1. The van der Waals surface area contributed by atoms with Gasteiger partial charge in [-0.2, -0.15) is 0 Å². The molecule has 6 nitrogen and oxygen atoms in total. The second kappa shape index (κ2) is 5.94. The number of aromatic nitrogens is 2. The highest BCUT2D eigenvalue weighted by Crippen LogP contribution is 2.26. The summed E-state index contributed by atoms with van der Waals surface area (Å²) in [6, 6.07) is 4.32. The average Bonchev–Trinajstić information content (AvgIpc) is 2.38. The number of rotatable bonds is 4. The fourth-order valence-corrected chi connectivity index (χ4v) is 3.21. The fraction of sp³-hybridized carbons (Fsp3) is 0.0909. The Labute approximate surface area is 129 Å². The summed E-state index contributed by atoms with van der Waals surface area (Å²) in [4.78, 5) is 7.60. The Balaban J connectivity index is 2.43. The van der Waals surface area contributed by atoms with Crippen molar-refractivity contribution in [2.45, 2.75) is 4.90 Å². The molecule has 2 rings (SSSR count). The van der Waals surface area contributed by atoms with Gasteiger partial charge in [0.05, 0.1) is 17.8 Å². The molecule has 20 heavy (non-hydrogen) atoms. The molecule has 0 unspecified atom stereocenters. The van der Waals surface area contributed by atoms with E-state index in [4.69, 9.17) is 16.3 Å². The van der Waals surface area contributed by atoms with E-state index in [9.17, 15) is 8.42 Å². The molecule has 0 atom stereocenters. The summed E-state index contributed by atoms with van der Waals surface area (Å²) in [5.74, 6) is -0.0324. The monoisotopic (exact) mass is 377 g/mol. The van der Waals surface area contributed by atoms with E-state index in [0.717, 1.165) is 0 Å². The van der Waals surface area contributed by atoms with Crippen LogP contribution in [0.15, 0.2) is 40.1 Å². The van der Waals surface area contributed by atoms with Crippen LogP contribution in [0.1, 0.15) is 0 Å². The highest BCUT2D eigenvalue weighted by Gasteiger charge is 2.21. The van der Waals surface area contributed by atoms with Crippen molar-refractivity contribution in [3.63, 3.8) is 0 Å². The molecule has 0 aliphatic carbocycles. The van der Waals surface area contributed by atoms with Crippen LogP contribution in [0.4, 0.5) is 5.69 Å². The summed E-state index contributed by atoms with van der Waals surface area (Å²) in [6.45, 7) is 0. The summed E-state index contributed by atoms with van der Waals surface area (Å²) in [7, 11) is -2.53. The van der Waals surface area contributed by atoms with Crippen LogP contribution in [-0.4, -0.2) is 25.5 Å². The van der Waals surface area contributed by atoms with Crippen LogP contribution >= 0.6 is 27.5 Å². The zero-order valence-corrected chi connectivity index (χ0v) is 13.3. The summed E-state index contributed by atoms with van der Waals surface area (Å²) in [5.41, 5.74) is 0.355. The number of anilines is 1. The molecule has 2 aromatic heterocycles. The number of sulfonamides is 1. The van der Waals surface area contributed by atoms with Crippen LogP contribution < -0.4 is 9.46 Å². The molecule has 0 aliphatic heterocycles. The van der Waals surface area contributed by atoms with Crippen LogP contribution in [0.3, 0.4) is 0 Å². The van der Waals surface area contributed by atoms with Crippen LogP contribution in [0.2, 0.25) is 5.02 Å². The zero-order valence-electron chi connectivity index (χ0n) is 10.2. The smallest absolute Gasteiger partial charge is 0.267 e. The molecule has 0 bridgehead atoms. The van der Waals surface area contributed by atoms with Gasteiger partial charge in [0.25, 0.3) is 10.0 Å². The molecule has 0 aliphatic rings. The first kappa shape index (κ1) is 15.0. The maximum atomic E-state index is 12.3. The molecule has 0 radical (unpaired) electrons. The largest absolute Gasteiger partial charge is 0.480 e. The van der Waals surface area contributed by atoms with Crippen molar-refractivity contribution in [2.75, 3.05) is 11.8 Å². The molecular weight excluding hydrogens is 370 g/mol. The molecular formula is C11H9BrClN3O3S. The molecule has 2 aromatic rings. The topological polar surface area (TPSA) is 81.2 Å². The maximum absolute atomic E-state index is 12.3. The lowest BCUT2D eigenvalue weighted by Crippen LogP contribution is -2.14. The van der Waals surface area contributed by atoms with Gasteiger partial charge in [-0.05, 0) is 34.1 Å². The van der Waals surface area contributed by atoms with Gasteiger partial charge in [0.2, 0.25) is 5.88 Å². The first-order valence-corrected chi connectivity index (χ1v) is 7.92. The van der Waals surface area contributed by atoms with Crippen molar-refractivity contribution in [1.29, 1.82) is 0 Å². The summed E-state index contributed by atoms with van der Waals surface area (Å²) in [6.07, 6.45) is 2.78. The van der Waals surface area contributed by atoms with Crippen molar-refractivity contribution in [3.8, 4) is 5.88 Å². The predicted molar refractivity (Wildman–Crippen MR) is 78.5 cm³/mol. The Kier molecular flexibility index (Phi) is 4.46. The average molecular weight is 379 g/mol. The minimum Gasteiger partial charge on any atom is -0.480 e. The van der Waals surface area contributed by atoms with Crippen molar-refractivity contribution >= 4 is 43.2 Å². The van der Waals surface area contributed by atoms with E-state index >= 15 is 0 Å². The van der Waals surface area contributed by atoms with Gasteiger partial charge in [0.1, 0.15) is 4.60 Å². The van der Waals surface area contributed by atoms with Gasteiger partial charge in [-0.15, -0.1) is 0 Å². The Hall–Kier alpha value is -1.38. The first-order valence-electron chi connectivity index (χ1n) is 5.26. The Morgan fingerprint density at radius 1 is 1.35 bits per heavy atom. The number of nitrogens with one attached hydrogen (secondary N) is 1. The molecule has 9 heteroatoms. The van der Waals surface area contributed by atoms with Crippen molar-refractivity contribution < 1.29 is 13.2 Å². The third-order valence-electron chi connectivity index (χ3n) is 2.25. The van der Waals surface area contributed by atoms with Gasteiger partial charge in [0, 0.05) is 12.4 Å². The third-order valence-corrected chi connectivity index (χ3v) is 4.26. The van der Waals surface area contributed by atoms with Crippen LogP contribution in [-0.2, 0) is 10.0 Å². The summed E-state index contributed by atoms with van der Waals surface area (Å²) in [5, 5.41) is 0.196. The number of pyridine rings is 2. The second-order valence-corrected chi connectivity index (χ2v) is 6.53. The molecule has 0 saturated carbocycles. The van der Waals surface area contributed by atoms with Crippen molar-refractivity contribution in [2.24, 2.45) is 0 Å². The van der Waals surface area contributed by atoms with E-state index in [1.165, 1.54) is 37.7 Å². The highest BCUT2D eigenvalue weighted by atomic mass is 79.9. The molecule has 0 amide bonds. The molecule has 0 spiro atoms. The van der Waals surface area contributed by atoms with Gasteiger partial charge in [-0.3, -0.25) is 4.72 Å². The lowest BCUT2D eigenvalue weighted by molar-refractivity contribution is 0.385. The molecule has 1 N–H and O–H groups in total. The van der Waals surface area contributed by atoms with E-state index in [1.807, 2.05) is 0 Å². The molecule has 106 valence electrons. The lowest BCUT2D eigenvalue weighted by atomic mass is 10.4. The number of nitrogens with zero attached hydrogens (tertiary/aromatic N) is 2. The molecule has 0 fully saturated rings. The number of ether oxygens (including phenoxy) is 1. The first-order chi connectivity index (χ1) is 9.42. The zero-order chi connectivity index (χ0) is 14.8. The minimum atomic E-state index is -3.87. The highest BCUT2D eigenvalue weighted by molar-refractivity contribution is 9.10. The van der Waals surface area contributed by atoms with Crippen molar-refractivity contribution in [1.82, 2.24) is 9.97 Å². The van der Waals surface area contributed by atoms with Crippen LogP contribution in [0.25, 0.3) is 0 Å². The van der Waals surface area contributed by atoms with Gasteiger partial charge in [0.15, 0.2) is 4.90 Å². The standard InChI is InChI=1S/C11H9BrClN3O3S/c1-19-11-9(4-7(13)6-15-11)20(17,18)16-8-2-3-14-10(12)5-8/h2-6H,1H3,(H,14,16). The Morgan fingerprint density at radius 3 is 2.75 bits per heavy atom. The van der Waals surface area contributed by atoms with E-state index in [2.05, 4.69) is 30.6 Å².